The van der Waals surface area contributed by atoms with Gasteiger partial charge in [0.05, 0.1) is 32.4 Å². The van der Waals surface area contributed by atoms with Crippen molar-refractivity contribution < 1.29 is 33.4 Å². The van der Waals surface area contributed by atoms with Crippen LogP contribution in [-0.2, 0) is 28.7 Å². The molecule has 4 heterocycles. The molecule has 5 rings (SSSR count). The van der Waals surface area contributed by atoms with Crippen LogP contribution in [0.25, 0.3) is 0 Å². The smallest absolute Gasteiger partial charge is 0.260 e. The number of hydrogen-bond acceptors (Lipinski definition) is 8. The summed E-state index contributed by atoms with van der Waals surface area (Å²) in [5, 5.41) is 2.90. The van der Waals surface area contributed by atoms with Crippen molar-refractivity contribution >= 4 is 35.0 Å². The van der Waals surface area contributed by atoms with Gasteiger partial charge in [0.25, 0.3) is 11.8 Å². The molecular weight excluding hydrogens is 504 g/mol. The van der Waals surface area contributed by atoms with Crippen LogP contribution in [-0.4, -0.2) is 109 Å². The number of ketones is 2. The fourth-order valence-corrected chi connectivity index (χ4v) is 6.00. The number of fused-ring (bicyclic) bond motifs is 1. The first-order chi connectivity index (χ1) is 18.7. The first kappa shape index (κ1) is 27.3. The van der Waals surface area contributed by atoms with Crippen LogP contribution >= 0.6 is 0 Å². The molecule has 210 valence electrons. The van der Waals surface area contributed by atoms with E-state index in [9.17, 15) is 24.0 Å². The second-order valence-electron chi connectivity index (χ2n) is 11.0. The zero-order valence-electron chi connectivity index (χ0n) is 22.5. The third-order valence-electron chi connectivity index (χ3n) is 7.95. The molecule has 1 aromatic carbocycles. The summed E-state index contributed by atoms with van der Waals surface area (Å²) in [5.74, 6) is -1.59. The van der Waals surface area contributed by atoms with Gasteiger partial charge in [-0.25, -0.2) is 0 Å². The lowest BCUT2D eigenvalue weighted by Gasteiger charge is -2.30. The van der Waals surface area contributed by atoms with Gasteiger partial charge in [-0.15, -0.1) is 0 Å². The van der Waals surface area contributed by atoms with Gasteiger partial charge < -0.3 is 29.5 Å². The molecule has 1 N–H and O–H groups in total. The summed E-state index contributed by atoms with van der Waals surface area (Å²) in [6.07, 6.45) is -0.140. The summed E-state index contributed by atoms with van der Waals surface area (Å²) in [7, 11) is 0. The molecule has 0 aromatic heterocycles. The summed E-state index contributed by atoms with van der Waals surface area (Å²) < 4.78 is 10.7. The number of rotatable bonds is 7. The predicted molar refractivity (Wildman–Crippen MR) is 140 cm³/mol. The Morgan fingerprint density at radius 1 is 0.974 bits per heavy atom. The highest BCUT2D eigenvalue weighted by atomic mass is 16.5. The molecule has 0 spiro atoms. The number of carbonyl (C=O) groups is 5. The van der Waals surface area contributed by atoms with Crippen LogP contribution < -0.4 is 10.2 Å². The first-order valence-electron chi connectivity index (χ1n) is 13.8. The number of ether oxygens (including phenoxy) is 2. The molecule has 4 unspecified atom stereocenters. The molecular formula is C28H36N4O7. The van der Waals surface area contributed by atoms with Crippen molar-refractivity contribution in [2.45, 2.75) is 57.3 Å². The number of morpholine rings is 1. The van der Waals surface area contributed by atoms with Crippen LogP contribution in [0.4, 0.5) is 5.69 Å². The normalized spacial score (nSPS) is 25.8. The minimum Gasteiger partial charge on any atom is -0.378 e. The average Bonchev–Trinajstić information content (AvgIpc) is 3.64. The van der Waals surface area contributed by atoms with Crippen molar-refractivity contribution in [3.63, 3.8) is 0 Å². The van der Waals surface area contributed by atoms with E-state index in [0.717, 1.165) is 18.8 Å². The number of nitrogens with one attached hydrogen (secondary N) is 1. The Morgan fingerprint density at radius 3 is 2.33 bits per heavy atom. The Hall–Kier alpha value is -3.31. The van der Waals surface area contributed by atoms with Crippen molar-refractivity contribution in [3.8, 4) is 0 Å². The number of hydrogen-bond donors (Lipinski definition) is 1. The predicted octanol–water partition coefficient (Wildman–Crippen LogP) is 0.407. The number of amides is 3. The molecule has 4 aliphatic rings. The lowest BCUT2D eigenvalue weighted by molar-refractivity contribution is -0.146. The number of likely N-dealkylation sites (tertiary alicyclic amines) is 2. The summed E-state index contributed by atoms with van der Waals surface area (Å²) in [4.78, 5) is 70.1. The summed E-state index contributed by atoms with van der Waals surface area (Å²) in [6, 6.07) is 5.20. The maximum absolute atomic E-state index is 13.7. The third-order valence-corrected chi connectivity index (χ3v) is 7.95. The van der Waals surface area contributed by atoms with Crippen LogP contribution in [0.1, 0.15) is 43.5 Å². The topological polar surface area (TPSA) is 126 Å². The second kappa shape index (κ2) is 11.4. The van der Waals surface area contributed by atoms with Crippen molar-refractivity contribution in [3.05, 3.63) is 29.8 Å². The molecule has 0 saturated carbocycles. The Labute approximate surface area is 227 Å². The van der Waals surface area contributed by atoms with E-state index in [0.29, 0.717) is 38.2 Å². The minimum absolute atomic E-state index is 0.115. The van der Waals surface area contributed by atoms with Gasteiger partial charge in [-0.05, 0) is 43.0 Å². The van der Waals surface area contributed by atoms with Crippen molar-refractivity contribution in [2.75, 3.05) is 50.9 Å². The molecule has 39 heavy (non-hydrogen) atoms. The van der Waals surface area contributed by atoms with Crippen LogP contribution in [0, 0.1) is 5.92 Å². The molecule has 0 radical (unpaired) electrons. The number of nitrogens with zero attached hydrogens (tertiary/aromatic N) is 3. The molecule has 3 amide bonds. The van der Waals surface area contributed by atoms with Crippen LogP contribution in [0.15, 0.2) is 24.3 Å². The van der Waals surface area contributed by atoms with E-state index in [1.807, 2.05) is 26.0 Å². The number of anilines is 1. The summed E-state index contributed by atoms with van der Waals surface area (Å²) in [6.45, 7) is 7.19. The quantitative estimate of drug-likeness (QED) is 0.493. The van der Waals surface area contributed by atoms with Gasteiger partial charge in [0.15, 0.2) is 17.7 Å². The molecule has 11 heteroatoms. The van der Waals surface area contributed by atoms with Gasteiger partial charge in [-0.1, -0.05) is 13.8 Å². The van der Waals surface area contributed by atoms with Crippen molar-refractivity contribution in [1.82, 2.24) is 15.1 Å². The summed E-state index contributed by atoms with van der Waals surface area (Å²) >= 11 is 0. The zero-order valence-corrected chi connectivity index (χ0v) is 22.5. The SMILES string of the molecule is CC(C)CC(NC(=O)c1ccc(N2CCOCC2)cc1)C(=O)N1CCC2C1C(=O)CN2C(=O)C1OCCC1=O. The van der Waals surface area contributed by atoms with Gasteiger partial charge in [-0.2, -0.15) is 0 Å². The fourth-order valence-electron chi connectivity index (χ4n) is 6.00. The lowest BCUT2D eigenvalue weighted by Crippen LogP contribution is -2.53. The minimum atomic E-state index is -1.16. The Bertz CT molecular complexity index is 1130. The van der Waals surface area contributed by atoms with Crippen LogP contribution in [0.5, 0.6) is 0 Å². The highest BCUT2D eigenvalue weighted by Gasteiger charge is 2.54. The van der Waals surface area contributed by atoms with Crippen LogP contribution in [0.2, 0.25) is 0 Å². The molecule has 4 fully saturated rings. The van der Waals surface area contributed by atoms with E-state index >= 15 is 0 Å². The molecule has 0 bridgehead atoms. The van der Waals surface area contributed by atoms with Gasteiger partial charge >= 0.3 is 0 Å². The van der Waals surface area contributed by atoms with E-state index in [1.165, 1.54) is 9.80 Å². The second-order valence-corrected chi connectivity index (χ2v) is 11.0. The Morgan fingerprint density at radius 2 is 1.69 bits per heavy atom. The first-order valence-corrected chi connectivity index (χ1v) is 13.8. The number of carbonyl (C=O) groups excluding carboxylic acids is 5. The van der Waals surface area contributed by atoms with Gasteiger partial charge in [0.2, 0.25) is 5.91 Å². The van der Waals surface area contributed by atoms with Gasteiger partial charge in [-0.3, -0.25) is 24.0 Å². The Kier molecular flexibility index (Phi) is 7.99. The molecule has 0 aliphatic carbocycles. The van der Waals surface area contributed by atoms with E-state index in [2.05, 4.69) is 10.2 Å². The number of benzene rings is 1. The van der Waals surface area contributed by atoms with Gasteiger partial charge in [0, 0.05) is 37.3 Å². The molecule has 4 saturated heterocycles. The van der Waals surface area contributed by atoms with E-state index in [-0.39, 0.29) is 48.9 Å². The highest BCUT2D eigenvalue weighted by Crippen LogP contribution is 2.32. The summed E-state index contributed by atoms with van der Waals surface area (Å²) in [5.41, 5.74) is 1.46. The molecule has 11 nitrogen and oxygen atoms in total. The molecule has 4 aliphatic heterocycles. The van der Waals surface area contributed by atoms with E-state index < -0.39 is 30.1 Å². The largest absolute Gasteiger partial charge is 0.378 e. The van der Waals surface area contributed by atoms with Crippen molar-refractivity contribution in [1.29, 1.82) is 0 Å². The molecule has 1 aromatic rings. The fraction of sp³-hybridized carbons (Fsp3) is 0.607. The standard InChI is InChI=1S/C28H36N4O7/c1-17(2)15-20(29-26(35)18-3-5-19(6-4-18)30-10-13-38-14-11-30)27(36)31-9-7-21-24(31)23(34)16-32(21)28(37)25-22(33)8-12-39-25/h3-6,17,20-21,24-25H,7-16H2,1-2H3,(H,29,35). The third kappa shape index (κ3) is 5.56. The number of Topliss-reactive ketones (excluding diaryl/α,β-unsaturated/α-hetero) is 2. The maximum Gasteiger partial charge on any atom is 0.260 e. The lowest BCUT2D eigenvalue weighted by atomic mass is 10.0. The van der Waals surface area contributed by atoms with Crippen molar-refractivity contribution in [2.24, 2.45) is 5.92 Å². The van der Waals surface area contributed by atoms with Gasteiger partial charge in [0.1, 0.15) is 12.1 Å². The maximum atomic E-state index is 13.7. The highest BCUT2D eigenvalue weighted by molar-refractivity contribution is 6.08. The molecule has 4 atom stereocenters. The van der Waals surface area contributed by atoms with E-state index in [1.54, 1.807) is 12.1 Å². The average molecular weight is 541 g/mol. The van der Waals surface area contributed by atoms with Crippen LogP contribution in [0.3, 0.4) is 0 Å². The van der Waals surface area contributed by atoms with E-state index in [4.69, 9.17) is 9.47 Å². The Balaban J connectivity index is 1.27. The zero-order chi connectivity index (χ0) is 27.7. The monoisotopic (exact) mass is 540 g/mol.